The first-order chi connectivity index (χ1) is 13.9. The molecule has 29 heavy (non-hydrogen) atoms. The average Bonchev–Trinajstić information content (AvgIpc) is 3.11. The number of nitro benzene ring substituents is 1. The van der Waals surface area contributed by atoms with E-state index in [1.807, 2.05) is 31.2 Å². The van der Waals surface area contributed by atoms with Crippen LogP contribution in [0.4, 0.5) is 11.4 Å². The van der Waals surface area contributed by atoms with Gasteiger partial charge in [0.05, 0.1) is 15.5 Å². The fourth-order valence-corrected chi connectivity index (χ4v) is 3.09. The summed E-state index contributed by atoms with van der Waals surface area (Å²) in [5.41, 5.74) is 3.45. The number of halogens is 1. The first kappa shape index (κ1) is 18.6. The third-order valence-electron chi connectivity index (χ3n) is 4.32. The Hall–Kier alpha value is -3.71. The molecule has 1 heterocycles. The van der Waals surface area contributed by atoms with Crippen LogP contribution in [0.15, 0.2) is 65.1 Å². The summed E-state index contributed by atoms with van der Waals surface area (Å²) in [6, 6.07) is 16.4. The Kier molecular flexibility index (Phi) is 4.74. The zero-order valence-corrected chi connectivity index (χ0v) is 15.9. The summed E-state index contributed by atoms with van der Waals surface area (Å²) in [6.45, 7) is 1.97. The summed E-state index contributed by atoms with van der Waals surface area (Å²) in [5.74, 6) is -0.126. The van der Waals surface area contributed by atoms with E-state index in [-0.39, 0.29) is 16.3 Å². The minimum atomic E-state index is -0.581. The van der Waals surface area contributed by atoms with Crippen LogP contribution in [0, 0.1) is 17.0 Å². The van der Waals surface area contributed by atoms with Gasteiger partial charge in [-0.05, 0) is 48.9 Å². The van der Waals surface area contributed by atoms with E-state index in [9.17, 15) is 14.9 Å². The minimum absolute atomic E-state index is 0.0172. The number of aromatic nitrogens is 1. The highest BCUT2D eigenvalue weighted by Gasteiger charge is 2.17. The molecule has 8 heteroatoms. The lowest BCUT2D eigenvalue weighted by molar-refractivity contribution is -0.384. The maximum Gasteiger partial charge on any atom is 0.270 e. The van der Waals surface area contributed by atoms with E-state index in [1.54, 1.807) is 18.2 Å². The summed E-state index contributed by atoms with van der Waals surface area (Å²) < 4.78 is 5.82. The highest BCUT2D eigenvalue weighted by atomic mass is 35.5. The maximum atomic E-state index is 12.6. The summed E-state index contributed by atoms with van der Waals surface area (Å²) in [7, 11) is 0. The number of rotatable bonds is 4. The Morgan fingerprint density at radius 1 is 1.14 bits per heavy atom. The van der Waals surface area contributed by atoms with Crippen LogP contribution < -0.4 is 5.32 Å². The van der Waals surface area contributed by atoms with Crippen molar-refractivity contribution in [3.63, 3.8) is 0 Å². The molecule has 1 amide bonds. The van der Waals surface area contributed by atoms with Crippen molar-refractivity contribution < 1.29 is 14.1 Å². The van der Waals surface area contributed by atoms with E-state index < -0.39 is 10.8 Å². The molecule has 0 aliphatic heterocycles. The Bertz CT molecular complexity index is 1270. The summed E-state index contributed by atoms with van der Waals surface area (Å²) in [5, 5.41) is 13.8. The van der Waals surface area contributed by atoms with E-state index in [0.29, 0.717) is 22.7 Å². The Balaban J connectivity index is 1.63. The molecule has 1 aromatic heterocycles. The lowest BCUT2D eigenvalue weighted by atomic mass is 10.1. The van der Waals surface area contributed by atoms with Gasteiger partial charge in [-0.25, -0.2) is 4.98 Å². The third kappa shape index (κ3) is 3.81. The number of hydrogen-bond acceptors (Lipinski definition) is 5. The minimum Gasteiger partial charge on any atom is -0.436 e. The normalized spacial score (nSPS) is 10.8. The summed E-state index contributed by atoms with van der Waals surface area (Å²) >= 11 is 6.04. The second kappa shape index (κ2) is 7.37. The molecule has 0 aliphatic carbocycles. The zero-order valence-electron chi connectivity index (χ0n) is 15.2. The van der Waals surface area contributed by atoms with Crippen LogP contribution in [0.25, 0.3) is 22.6 Å². The molecule has 0 atom stereocenters. The largest absolute Gasteiger partial charge is 0.436 e. The van der Waals surface area contributed by atoms with Gasteiger partial charge in [0.25, 0.3) is 11.6 Å². The molecule has 4 aromatic rings. The SMILES string of the molecule is Cc1ccc2nc(-c3cccc(NC(=O)c4cc([N+](=O)[O-])ccc4Cl)c3)oc2c1. The predicted molar refractivity (Wildman–Crippen MR) is 110 cm³/mol. The Labute approximate surface area is 170 Å². The maximum absolute atomic E-state index is 12.6. The Morgan fingerprint density at radius 3 is 2.76 bits per heavy atom. The molecule has 1 N–H and O–H groups in total. The number of aryl methyl sites for hydroxylation is 1. The van der Waals surface area contributed by atoms with Crippen molar-refractivity contribution >= 4 is 40.0 Å². The fraction of sp³-hybridized carbons (Fsp3) is 0.0476. The van der Waals surface area contributed by atoms with Gasteiger partial charge in [0, 0.05) is 23.4 Å². The van der Waals surface area contributed by atoms with Gasteiger partial charge in [0.15, 0.2) is 5.58 Å². The highest BCUT2D eigenvalue weighted by molar-refractivity contribution is 6.34. The number of fused-ring (bicyclic) bond motifs is 1. The molecule has 0 radical (unpaired) electrons. The van der Waals surface area contributed by atoms with Crippen LogP contribution >= 0.6 is 11.6 Å². The molecule has 0 saturated heterocycles. The molecule has 0 spiro atoms. The molecular weight excluding hydrogens is 394 g/mol. The number of hydrogen-bond donors (Lipinski definition) is 1. The molecule has 0 saturated carbocycles. The standard InChI is InChI=1S/C21H14ClN3O4/c1-12-5-8-18-19(9-12)29-21(24-18)13-3-2-4-14(10-13)23-20(26)16-11-15(25(27)28)6-7-17(16)22/h2-11H,1H3,(H,23,26). The number of nitro groups is 1. The van der Waals surface area contributed by atoms with Crippen molar-refractivity contribution in [2.24, 2.45) is 0 Å². The van der Waals surface area contributed by atoms with Gasteiger partial charge in [-0.1, -0.05) is 23.7 Å². The number of anilines is 1. The quantitative estimate of drug-likeness (QED) is 0.350. The van der Waals surface area contributed by atoms with Crippen molar-refractivity contribution in [3.05, 3.63) is 86.9 Å². The predicted octanol–water partition coefficient (Wildman–Crippen LogP) is 5.62. The van der Waals surface area contributed by atoms with Gasteiger partial charge >= 0.3 is 0 Å². The number of amides is 1. The smallest absolute Gasteiger partial charge is 0.270 e. The first-order valence-corrected chi connectivity index (χ1v) is 9.01. The summed E-state index contributed by atoms with van der Waals surface area (Å²) in [4.78, 5) is 27.4. The average molecular weight is 408 g/mol. The van der Waals surface area contributed by atoms with E-state index >= 15 is 0 Å². The fourth-order valence-electron chi connectivity index (χ4n) is 2.88. The molecule has 7 nitrogen and oxygen atoms in total. The number of oxazole rings is 1. The lowest BCUT2D eigenvalue weighted by Gasteiger charge is -2.07. The van der Waals surface area contributed by atoms with Crippen LogP contribution in [0.1, 0.15) is 15.9 Å². The van der Waals surface area contributed by atoms with Gasteiger partial charge in [-0.2, -0.15) is 0 Å². The molecule has 3 aromatic carbocycles. The van der Waals surface area contributed by atoms with Crippen molar-refractivity contribution in [1.29, 1.82) is 0 Å². The number of carbonyl (C=O) groups excluding carboxylic acids is 1. The second-order valence-electron chi connectivity index (χ2n) is 6.45. The van der Waals surface area contributed by atoms with Gasteiger partial charge in [0.1, 0.15) is 5.52 Å². The number of carbonyl (C=O) groups is 1. The van der Waals surface area contributed by atoms with E-state index in [1.165, 1.54) is 12.1 Å². The van der Waals surface area contributed by atoms with Crippen LogP contribution in [-0.4, -0.2) is 15.8 Å². The third-order valence-corrected chi connectivity index (χ3v) is 4.65. The van der Waals surface area contributed by atoms with Crippen molar-refractivity contribution in [2.45, 2.75) is 6.92 Å². The highest BCUT2D eigenvalue weighted by Crippen LogP contribution is 2.28. The topological polar surface area (TPSA) is 98.3 Å². The molecule has 0 aliphatic rings. The molecule has 0 bridgehead atoms. The molecule has 0 fully saturated rings. The summed E-state index contributed by atoms with van der Waals surface area (Å²) in [6.07, 6.45) is 0. The number of nitrogens with one attached hydrogen (secondary N) is 1. The van der Waals surface area contributed by atoms with Gasteiger partial charge in [-0.3, -0.25) is 14.9 Å². The van der Waals surface area contributed by atoms with Crippen LogP contribution in [0.5, 0.6) is 0 Å². The molecule has 0 unspecified atom stereocenters. The van der Waals surface area contributed by atoms with Crippen LogP contribution in [0.2, 0.25) is 5.02 Å². The van der Waals surface area contributed by atoms with Crippen molar-refractivity contribution in [2.75, 3.05) is 5.32 Å². The van der Waals surface area contributed by atoms with Gasteiger partial charge < -0.3 is 9.73 Å². The molecule has 4 rings (SSSR count). The molecule has 144 valence electrons. The van der Waals surface area contributed by atoms with E-state index in [0.717, 1.165) is 17.1 Å². The first-order valence-electron chi connectivity index (χ1n) is 8.63. The van der Waals surface area contributed by atoms with Gasteiger partial charge in [-0.15, -0.1) is 0 Å². The van der Waals surface area contributed by atoms with Crippen LogP contribution in [-0.2, 0) is 0 Å². The van der Waals surface area contributed by atoms with E-state index in [2.05, 4.69) is 10.3 Å². The molecular formula is C21H14ClN3O4. The number of benzene rings is 3. The number of non-ortho nitro benzene ring substituents is 1. The van der Waals surface area contributed by atoms with Crippen molar-refractivity contribution in [1.82, 2.24) is 4.98 Å². The zero-order chi connectivity index (χ0) is 20.5. The monoisotopic (exact) mass is 407 g/mol. The van der Waals surface area contributed by atoms with Crippen LogP contribution in [0.3, 0.4) is 0 Å². The number of nitrogens with zero attached hydrogens (tertiary/aromatic N) is 2. The lowest BCUT2D eigenvalue weighted by Crippen LogP contribution is -2.12. The van der Waals surface area contributed by atoms with Crippen molar-refractivity contribution in [3.8, 4) is 11.5 Å². The second-order valence-corrected chi connectivity index (χ2v) is 6.85. The van der Waals surface area contributed by atoms with E-state index in [4.69, 9.17) is 16.0 Å². The van der Waals surface area contributed by atoms with Gasteiger partial charge in [0.2, 0.25) is 5.89 Å². The Morgan fingerprint density at radius 2 is 1.97 bits per heavy atom.